The summed E-state index contributed by atoms with van der Waals surface area (Å²) in [5, 5.41) is 6.11. The number of benzene rings is 2. The Bertz CT molecular complexity index is 1950. The molecule has 68 heavy (non-hydrogen) atoms. The molecule has 8 aliphatic heterocycles. The van der Waals surface area contributed by atoms with E-state index in [1.54, 1.807) is 0 Å². The zero-order valence-corrected chi connectivity index (χ0v) is 41.2. The maximum atomic E-state index is 13.0. The third-order valence-corrected chi connectivity index (χ3v) is 17.5. The Balaban J connectivity index is 0.604. The molecule has 2 saturated carbocycles. The number of carbonyl (C=O) groups is 2. The molecule has 8 saturated heterocycles. The van der Waals surface area contributed by atoms with Gasteiger partial charge >= 0.3 is 0 Å². The lowest BCUT2D eigenvalue weighted by molar-refractivity contribution is -0.577. The van der Waals surface area contributed by atoms with Crippen molar-refractivity contribution in [3.63, 3.8) is 0 Å². The molecule has 16 atom stereocenters. The van der Waals surface area contributed by atoms with Crippen molar-refractivity contribution in [2.75, 3.05) is 33.2 Å². The zero-order valence-electron chi connectivity index (χ0n) is 41.2. The standard InChI is InChI=1S/C53H75N3O12/c1-32-10-20-42-34(3)46(61-48-52(42)40(32)22-24-50(5,63-48)65-67-52)59-30-36-12-16-38(17-13-36)44(57)54-26-8-28-56(7)29-9-27-55-45(58)39-18-14-37(15-19-39)31-60-47-35(4)43-21-11-33(2)41-23-25-51(6)64-49(62-47)53(41,43)68-66-51/h12-19,32-35,40-43,46-49H,8-11,20-31H2,1-7H3,(H,54,57)(H,55,58)/t32-,33-,34-,35+,40?,41+,42?,43-,46+,47+,48?,49+,50+,51-,52-,53-/m1/s1. The van der Waals surface area contributed by atoms with E-state index in [-0.39, 0.29) is 35.5 Å². The van der Waals surface area contributed by atoms with Gasteiger partial charge < -0.3 is 44.0 Å². The van der Waals surface area contributed by atoms with Crippen LogP contribution in [-0.4, -0.2) is 97.9 Å². The van der Waals surface area contributed by atoms with E-state index in [0.717, 1.165) is 88.4 Å². The summed E-state index contributed by atoms with van der Waals surface area (Å²) in [7, 11) is 2.06. The second-order valence-corrected chi connectivity index (χ2v) is 22.1. The van der Waals surface area contributed by atoms with Gasteiger partial charge in [-0.15, -0.1) is 0 Å². The third-order valence-electron chi connectivity index (χ3n) is 17.5. The average Bonchev–Trinajstić information content (AvgIpc) is 3.71. The smallest absolute Gasteiger partial charge is 0.251 e. The molecule has 2 aliphatic carbocycles. The highest BCUT2D eigenvalue weighted by atomic mass is 17.3. The topological polar surface area (TPSA) is 154 Å². The van der Waals surface area contributed by atoms with Crippen LogP contribution in [0, 0.1) is 47.3 Å². The van der Waals surface area contributed by atoms with Crippen molar-refractivity contribution in [2.24, 2.45) is 47.3 Å². The van der Waals surface area contributed by atoms with Crippen LogP contribution in [-0.2, 0) is 61.2 Å². The molecule has 8 heterocycles. The highest BCUT2D eigenvalue weighted by Gasteiger charge is 2.71. The number of nitrogens with one attached hydrogen (secondary N) is 2. The second-order valence-electron chi connectivity index (χ2n) is 22.1. The Labute approximate surface area is 402 Å². The molecule has 4 bridgehead atoms. The summed E-state index contributed by atoms with van der Waals surface area (Å²) in [6, 6.07) is 15.1. The quantitative estimate of drug-likeness (QED) is 0.124. The second kappa shape index (κ2) is 19.5. The van der Waals surface area contributed by atoms with Crippen molar-refractivity contribution in [1.29, 1.82) is 0 Å². The summed E-state index contributed by atoms with van der Waals surface area (Å²) in [4.78, 5) is 52.6. The minimum Gasteiger partial charge on any atom is -0.352 e. The first-order valence-corrected chi connectivity index (χ1v) is 25.8. The maximum absolute atomic E-state index is 13.0. The van der Waals surface area contributed by atoms with Crippen molar-refractivity contribution in [1.82, 2.24) is 15.5 Å². The van der Waals surface area contributed by atoms with E-state index in [1.807, 2.05) is 62.4 Å². The van der Waals surface area contributed by atoms with Crippen LogP contribution >= 0.6 is 0 Å². The molecular weight excluding hydrogens is 871 g/mol. The SMILES string of the molecule is C[C@@H]1[C@@H](OCc2ccc(C(=O)NCCCN(C)CCCNC(=O)c3ccc(CO[C@H]4OC5O[C@]6(C)CCC7[C@H](C)CCC([C@H]4C)[C@@]57OO6)cc3)cc2)O[C@H]2O[C@@]3(C)CC[C@H]4[C@H](C)CC[C@H]1[C@@]24OO3. The van der Waals surface area contributed by atoms with Crippen molar-refractivity contribution in [3.8, 4) is 0 Å². The third kappa shape index (κ3) is 9.10. The Hall–Kier alpha value is -3.06. The minimum absolute atomic E-state index is 0.0955. The van der Waals surface area contributed by atoms with Crippen molar-refractivity contribution >= 4 is 11.8 Å². The predicted molar refractivity (Wildman–Crippen MR) is 248 cm³/mol. The monoisotopic (exact) mass is 946 g/mol. The number of hydrogen-bond donors (Lipinski definition) is 2. The Kier molecular flexibility index (Phi) is 13.9. The van der Waals surface area contributed by atoms with Crippen LogP contribution in [0.1, 0.15) is 138 Å². The number of nitrogens with zero attached hydrogens (tertiary/aromatic N) is 1. The van der Waals surface area contributed by atoms with Gasteiger partial charge in [-0.25, -0.2) is 19.6 Å². The number of hydrogen-bond acceptors (Lipinski definition) is 13. The molecule has 12 rings (SSSR count). The number of carbonyl (C=O) groups excluding carboxylic acids is 2. The molecule has 374 valence electrons. The molecule has 2 aromatic carbocycles. The molecule has 15 heteroatoms. The van der Waals surface area contributed by atoms with E-state index in [4.69, 9.17) is 48.0 Å². The molecule has 2 N–H and O–H groups in total. The normalized spacial score (nSPS) is 41.3. The molecule has 10 aliphatic rings. The Morgan fingerprint density at radius 1 is 0.588 bits per heavy atom. The molecule has 2 spiro atoms. The fourth-order valence-corrected chi connectivity index (χ4v) is 13.4. The van der Waals surface area contributed by atoms with Gasteiger partial charge in [0.2, 0.25) is 11.6 Å². The first-order valence-electron chi connectivity index (χ1n) is 25.8. The van der Waals surface area contributed by atoms with Gasteiger partial charge in [-0.3, -0.25) is 9.59 Å². The van der Waals surface area contributed by atoms with Gasteiger partial charge in [-0.1, -0.05) is 52.0 Å². The highest BCUT2D eigenvalue weighted by molar-refractivity contribution is 5.94. The van der Waals surface area contributed by atoms with Gasteiger partial charge in [0.1, 0.15) is 0 Å². The fraction of sp³-hybridized carbons (Fsp3) is 0.736. The van der Waals surface area contributed by atoms with E-state index in [1.165, 1.54) is 0 Å². The summed E-state index contributed by atoms with van der Waals surface area (Å²) >= 11 is 0. The van der Waals surface area contributed by atoms with E-state index >= 15 is 0 Å². The van der Waals surface area contributed by atoms with Crippen LogP contribution in [0.15, 0.2) is 48.5 Å². The van der Waals surface area contributed by atoms with Crippen LogP contribution in [0.3, 0.4) is 0 Å². The lowest BCUT2D eigenvalue weighted by Gasteiger charge is -2.60. The Morgan fingerprint density at radius 2 is 1.00 bits per heavy atom. The molecule has 15 nitrogen and oxygen atoms in total. The highest BCUT2D eigenvalue weighted by Crippen LogP contribution is 2.62. The van der Waals surface area contributed by atoms with Gasteiger partial charge in [-0.05, 0) is 144 Å². The van der Waals surface area contributed by atoms with Gasteiger partial charge in [-0.2, -0.15) is 0 Å². The average molecular weight is 946 g/mol. The number of ether oxygens (including phenoxy) is 6. The largest absolute Gasteiger partial charge is 0.352 e. The summed E-state index contributed by atoms with van der Waals surface area (Å²) in [5.41, 5.74) is 1.92. The molecular formula is C53H75N3O12. The van der Waals surface area contributed by atoms with Gasteiger partial charge in [0.15, 0.2) is 36.4 Å². The summed E-state index contributed by atoms with van der Waals surface area (Å²) < 4.78 is 38.9. The summed E-state index contributed by atoms with van der Waals surface area (Å²) in [5.74, 6) is 0.376. The lowest BCUT2D eigenvalue weighted by atomic mass is 9.58. The van der Waals surface area contributed by atoms with E-state index < -0.39 is 47.9 Å². The number of fused-ring (bicyclic) bond motifs is 4. The summed E-state index contributed by atoms with van der Waals surface area (Å²) in [6.07, 6.45) is 7.49. The van der Waals surface area contributed by atoms with Crippen LogP contribution in [0.2, 0.25) is 0 Å². The van der Waals surface area contributed by atoms with Crippen LogP contribution < -0.4 is 10.6 Å². The zero-order chi connectivity index (χ0) is 47.4. The van der Waals surface area contributed by atoms with Crippen LogP contribution in [0.5, 0.6) is 0 Å². The van der Waals surface area contributed by atoms with Gasteiger partial charge in [0, 0.05) is 60.7 Å². The molecule has 3 unspecified atom stereocenters. The molecule has 2 amide bonds. The molecule has 10 fully saturated rings. The van der Waals surface area contributed by atoms with Crippen molar-refractivity contribution in [3.05, 3.63) is 70.8 Å². The fourth-order valence-electron chi connectivity index (χ4n) is 13.4. The van der Waals surface area contributed by atoms with Crippen molar-refractivity contribution in [2.45, 2.75) is 167 Å². The Morgan fingerprint density at radius 3 is 1.41 bits per heavy atom. The molecule has 0 radical (unpaired) electrons. The first kappa shape index (κ1) is 48.6. The predicted octanol–water partition coefficient (Wildman–Crippen LogP) is 8.01. The molecule has 0 aromatic heterocycles. The lowest BCUT2D eigenvalue weighted by Crippen LogP contribution is -2.70. The maximum Gasteiger partial charge on any atom is 0.251 e. The van der Waals surface area contributed by atoms with Crippen LogP contribution in [0.25, 0.3) is 0 Å². The molecule has 2 aromatic rings. The van der Waals surface area contributed by atoms with E-state index in [2.05, 4.69) is 50.3 Å². The summed E-state index contributed by atoms with van der Waals surface area (Å²) in [6.45, 7) is 16.4. The van der Waals surface area contributed by atoms with E-state index in [9.17, 15) is 9.59 Å². The minimum atomic E-state index is -0.822. The van der Waals surface area contributed by atoms with Crippen molar-refractivity contribution < 1.29 is 57.6 Å². The number of rotatable bonds is 16. The number of amides is 2. The van der Waals surface area contributed by atoms with Crippen LogP contribution in [0.4, 0.5) is 0 Å². The van der Waals surface area contributed by atoms with Gasteiger partial charge in [0.05, 0.1) is 13.2 Å². The van der Waals surface area contributed by atoms with Gasteiger partial charge in [0.25, 0.3) is 11.8 Å². The first-order chi connectivity index (χ1) is 32.7. The van der Waals surface area contributed by atoms with E-state index in [0.29, 0.717) is 61.1 Å².